The van der Waals surface area contributed by atoms with Crippen LogP contribution in [0.25, 0.3) is 0 Å². The van der Waals surface area contributed by atoms with Crippen LogP contribution in [0.1, 0.15) is 32.4 Å². The summed E-state index contributed by atoms with van der Waals surface area (Å²) in [5.41, 5.74) is 0.286. The highest BCUT2D eigenvalue weighted by Gasteiger charge is 2.43. The summed E-state index contributed by atoms with van der Waals surface area (Å²) in [4.78, 5) is 0. The summed E-state index contributed by atoms with van der Waals surface area (Å²) >= 11 is 0. The van der Waals surface area contributed by atoms with E-state index in [0.717, 1.165) is 18.1 Å². The summed E-state index contributed by atoms with van der Waals surface area (Å²) in [6.07, 6.45) is -0.789. The predicted octanol–water partition coefficient (Wildman–Crippen LogP) is 5.71. The Kier molecular flexibility index (Phi) is 6.22. The van der Waals surface area contributed by atoms with Gasteiger partial charge in [0.15, 0.2) is 8.32 Å². The normalized spacial score (nSPS) is 14.0. The molecular formula is C16H23F3OSi. The van der Waals surface area contributed by atoms with E-state index in [9.17, 15) is 13.2 Å². The van der Waals surface area contributed by atoms with Gasteiger partial charge in [-0.2, -0.15) is 8.78 Å². The molecule has 1 aromatic rings. The van der Waals surface area contributed by atoms with Crippen molar-refractivity contribution in [3.8, 4) is 0 Å². The van der Waals surface area contributed by atoms with Crippen LogP contribution < -0.4 is 0 Å². The van der Waals surface area contributed by atoms with E-state index in [0.29, 0.717) is 6.08 Å². The van der Waals surface area contributed by atoms with Crippen LogP contribution >= 0.6 is 0 Å². The molecule has 0 radical (unpaired) electrons. The minimum atomic E-state index is -3.18. The van der Waals surface area contributed by atoms with Crippen LogP contribution in [-0.4, -0.2) is 14.2 Å². The number of hydrogen-bond acceptors (Lipinski definition) is 1. The third-order valence-electron chi connectivity index (χ3n) is 4.10. The number of hydrogen-bond donors (Lipinski definition) is 0. The maximum Gasteiger partial charge on any atom is 0.294 e. The largest absolute Gasteiger partial charge is 0.404 e. The molecule has 0 aromatic heterocycles. The van der Waals surface area contributed by atoms with Gasteiger partial charge in [-0.1, -0.05) is 39.5 Å². The molecule has 0 aliphatic heterocycles. The number of benzene rings is 1. The molecule has 1 rings (SSSR count). The van der Waals surface area contributed by atoms with E-state index in [2.05, 4.69) is 6.58 Å². The van der Waals surface area contributed by atoms with Crippen molar-refractivity contribution in [2.75, 3.05) is 0 Å². The van der Waals surface area contributed by atoms with Crippen molar-refractivity contribution >= 4 is 8.32 Å². The first kappa shape index (κ1) is 18.0. The lowest BCUT2D eigenvalue weighted by Crippen LogP contribution is -2.41. The molecule has 0 saturated heterocycles. The third kappa shape index (κ3) is 4.20. The van der Waals surface area contributed by atoms with E-state index in [1.54, 1.807) is 0 Å². The van der Waals surface area contributed by atoms with E-state index in [-0.39, 0.29) is 5.56 Å². The maximum atomic E-state index is 14.2. The first-order valence-electron chi connectivity index (χ1n) is 7.28. The second kappa shape index (κ2) is 7.27. The Bertz CT molecular complexity index is 447. The topological polar surface area (TPSA) is 9.23 Å². The van der Waals surface area contributed by atoms with Gasteiger partial charge < -0.3 is 4.43 Å². The van der Waals surface area contributed by atoms with Crippen LogP contribution in [0.15, 0.2) is 36.9 Å². The van der Waals surface area contributed by atoms with Crippen molar-refractivity contribution < 1.29 is 17.6 Å². The molecule has 0 saturated carbocycles. The van der Waals surface area contributed by atoms with Crippen molar-refractivity contribution in [2.24, 2.45) is 0 Å². The third-order valence-corrected chi connectivity index (χ3v) is 8.70. The second-order valence-electron chi connectivity index (χ2n) is 5.17. The number of rotatable bonds is 8. The molecule has 1 aromatic carbocycles. The Balaban J connectivity index is 3.20. The lowest BCUT2D eigenvalue weighted by molar-refractivity contribution is -0.0631. The second-order valence-corrected chi connectivity index (χ2v) is 9.89. The molecule has 0 spiro atoms. The van der Waals surface area contributed by atoms with Crippen LogP contribution in [0.3, 0.4) is 0 Å². The molecule has 1 unspecified atom stereocenters. The van der Waals surface area contributed by atoms with E-state index in [1.807, 2.05) is 20.8 Å². The van der Waals surface area contributed by atoms with Crippen LogP contribution in [-0.2, 0) is 4.43 Å². The predicted molar refractivity (Wildman–Crippen MR) is 82.6 cm³/mol. The molecular weight excluding hydrogens is 293 g/mol. The van der Waals surface area contributed by atoms with Gasteiger partial charge in [0.2, 0.25) is 0 Å². The average Bonchev–Trinajstić information content (AvgIpc) is 2.50. The van der Waals surface area contributed by atoms with Crippen molar-refractivity contribution in [1.29, 1.82) is 0 Å². The zero-order chi connectivity index (χ0) is 16.1. The van der Waals surface area contributed by atoms with Crippen molar-refractivity contribution in [2.45, 2.75) is 50.9 Å². The minimum absolute atomic E-state index is 0.286. The van der Waals surface area contributed by atoms with Crippen molar-refractivity contribution in [1.82, 2.24) is 0 Å². The van der Waals surface area contributed by atoms with Gasteiger partial charge in [0.05, 0.1) is 0 Å². The molecule has 0 fully saturated rings. The van der Waals surface area contributed by atoms with Crippen molar-refractivity contribution in [3.63, 3.8) is 0 Å². The monoisotopic (exact) mass is 316 g/mol. The fourth-order valence-electron chi connectivity index (χ4n) is 2.36. The first-order chi connectivity index (χ1) is 9.84. The Morgan fingerprint density at radius 2 is 1.62 bits per heavy atom. The van der Waals surface area contributed by atoms with E-state index >= 15 is 0 Å². The molecule has 0 amide bonds. The first-order valence-corrected chi connectivity index (χ1v) is 9.81. The summed E-state index contributed by atoms with van der Waals surface area (Å²) in [5.74, 6) is -3.64. The van der Waals surface area contributed by atoms with E-state index in [1.165, 1.54) is 24.3 Å². The smallest absolute Gasteiger partial charge is 0.294 e. The van der Waals surface area contributed by atoms with E-state index < -0.39 is 26.2 Å². The fraction of sp³-hybridized carbons (Fsp3) is 0.500. The molecule has 0 heterocycles. The highest BCUT2D eigenvalue weighted by molar-refractivity contribution is 6.73. The number of halogens is 3. The average molecular weight is 316 g/mol. The van der Waals surface area contributed by atoms with Crippen LogP contribution in [0, 0.1) is 5.82 Å². The van der Waals surface area contributed by atoms with Crippen LogP contribution in [0.4, 0.5) is 13.2 Å². The van der Waals surface area contributed by atoms with E-state index in [4.69, 9.17) is 4.43 Å². The lowest BCUT2D eigenvalue weighted by atomic mass is 10.0. The molecule has 0 bridgehead atoms. The molecule has 5 heteroatoms. The summed E-state index contributed by atoms with van der Waals surface area (Å²) in [5, 5.41) is 0. The molecule has 0 aliphatic rings. The molecule has 21 heavy (non-hydrogen) atoms. The van der Waals surface area contributed by atoms with Crippen molar-refractivity contribution in [3.05, 3.63) is 48.3 Å². The standard InChI is InChI=1S/C16H23F3OSi/c1-5-16(18,19)15(13-9-11-14(17)12-10-13)20-21(6-2,7-3)8-4/h5,9-12,15H,1,6-8H2,2-4H3. The summed E-state index contributed by atoms with van der Waals surface area (Å²) < 4.78 is 47.4. The summed E-state index contributed by atoms with van der Waals surface area (Å²) in [7, 11) is -2.22. The van der Waals surface area contributed by atoms with Gasteiger partial charge >= 0.3 is 0 Å². The van der Waals surface area contributed by atoms with Gasteiger partial charge in [0.25, 0.3) is 5.92 Å². The van der Waals surface area contributed by atoms with Gasteiger partial charge in [0, 0.05) is 0 Å². The zero-order valence-corrected chi connectivity index (χ0v) is 13.8. The molecule has 0 aliphatic carbocycles. The Labute approximate surface area is 126 Å². The SMILES string of the molecule is C=CC(F)(F)C(O[Si](CC)(CC)CC)c1ccc(F)cc1. The number of alkyl halides is 2. The Hall–Kier alpha value is -1.07. The van der Waals surface area contributed by atoms with Crippen LogP contribution in [0.5, 0.6) is 0 Å². The molecule has 1 atom stereocenters. The lowest BCUT2D eigenvalue weighted by Gasteiger charge is -2.36. The van der Waals surface area contributed by atoms with Gasteiger partial charge in [0.1, 0.15) is 11.9 Å². The van der Waals surface area contributed by atoms with Crippen LogP contribution in [0.2, 0.25) is 18.1 Å². The maximum absolute atomic E-state index is 14.2. The fourth-order valence-corrected chi connectivity index (χ4v) is 5.16. The molecule has 0 N–H and O–H groups in total. The summed E-state index contributed by atoms with van der Waals surface area (Å²) in [6, 6.07) is 7.38. The summed E-state index contributed by atoms with van der Waals surface area (Å²) in [6.45, 7) is 9.15. The zero-order valence-electron chi connectivity index (χ0n) is 12.8. The Morgan fingerprint density at radius 1 is 1.14 bits per heavy atom. The Morgan fingerprint density at radius 3 is 2.00 bits per heavy atom. The highest BCUT2D eigenvalue weighted by Crippen LogP contribution is 2.40. The van der Waals surface area contributed by atoms with Gasteiger partial charge in [-0.05, 0) is 41.9 Å². The van der Waals surface area contributed by atoms with Gasteiger partial charge in [-0.3, -0.25) is 0 Å². The molecule has 118 valence electrons. The van der Waals surface area contributed by atoms with Gasteiger partial charge in [-0.15, -0.1) is 0 Å². The molecule has 1 nitrogen and oxygen atoms in total. The van der Waals surface area contributed by atoms with Gasteiger partial charge in [-0.25, -0.2) is 4.39 Å². The quantitative estimate of drug-likeness (QED) is 0.441. The minimum Gasteiger partial charge on any atom is -0.404 e. The highest BCUT2D eigenvalue weighted by atomic mass is 28.4.